The fourth-order valence-corrected chi connectivity index (χ4v) is 1.82. The maximum absolute atomic E-state index is 11.9. The zero-order chi connectivity index (χ0) is 15.1. The van der Waals surface area contributed by atoms with Crippen LogP contribution in [0.2, 0.25) is 0 Å². The fourth-order valence-electron chi connectivity index (χ4n) is 1.82. The molecule has 1 aromatic carbocycles. The third-order valence-corrected chi connectivity index (χ3v) is 3.27. The predicted octanol–water partition coefficient (Wildman–Crippen LogP) is 2.33. The van der Waals surface area contributed by atoms with Crippen molar-refractivity contribution in [2.75, 3.05) is 26.1 Å². The average molecular weight is 280 g/mol. The van der Waals surface area contributed by atoms with Crippen molar-refractivity contribution in [1.29, 1.82) is 0 Å². The van der Waals surface area contributed by atoms with Crippen LogP contribution in [0.1, 0.15) is 25.3 Å². The van der Waals surface area contributed by atoms with Crippen molar-refractivity contribution >= 4 is 11.6 Å². The average Bonchev–Trinajstić information content (AvgIpc) is 2.46. The Labute approximate surface area is 120 Å². The molecule has 1 amide bonds. The third-order valence-electron chi connectivity index (χ3n) is 3.27. The van der Waals surface area contributed by atoms with Gasteiger partial charge >= 0.3 is 0 Å². The Morgan fingerprint density at radius 3 is 2.45 bits per heavy atom. The molecule has 0 heterocycles. The number of aryl methyl sites for hydroxylation is 1. The Hall–Kier alpha value is -1.75. The lowest BCUT2D eigenvalue weighted by molar-refractivity contribution is -0.116. The molecule has 0 saturated heterocycles. The van der Waals surface area contributed by atoms with Gasteiger partial charge in [0.1, 0.15) is 0 Å². The topological polar surface area (TPSA) is 73.6 Å². The van der Waals surface area contributed by atoms with Gasteiger partial charge in [-0.15, -0.1) is 0 Å². The summed E-state index contributed by atoms with van der Waals surface area (Å²) in [5.41, 5.74) is 7.22. The number of ether oxygens (including phenoxy) is 2. The first-order valence-corrected chi connectivity index (χ1v) is 6.74. The van der Waals surface area contributed by atoms with Gasteiger partial charge in [-0.2, -0.15) is 0 Å². The number of benzene rings is 1. The van der Waals surface area contributed by atoms with Crippen molar-refractivity contribution in [1.82, 2.24) is 0 Å². The van der Waals surface area contributed by atoms with Crippen LogP contribution in [0, 0.1) is 12.8 Å². The van der Waals surface area contributed by atoms with Crippen molar-refractivity contribution in [2.24, 2.45) is 11.7 Å². The lowest BCUT2D eigenvalue weighted by Gasteiger charge is -2.14. The van der Waals surface area contributed by atoms with Crippen LogP contribution in [0.15, 0.2) is 12.1 Å². The van der Waals surface area contributed by atoms with Gasteiger partial charge in [0.25, 0.3) is 0 Å². The molecule has 112 valence electrons. The van der Waals surface area contributed by atoms with Gasteiger partial charge < -0.3 is 20.5 Å². The number of amides is 1. The molecule has 3 N–H and O–H groups in total. The molecule has 0 fully saturated rings. The molecule has 0 bridgehead atoms. The van der Waals surface area contributed by atoms with E-state index >= 15 is 0 Å². The Morgan fingerprint density at radius 2 is 1.90 bits per heavy atom. The van der Waals surface area contributed by atoms with Crippen molar-refractivity contribution in [3.8, 4) is 11.5 Å². The van der Waals surface area contributed by atoms with Crippen LogP contribution < -0.4 is 20.5 Å². The van der Waals surface area contributed by atoms with Gasteiger partial charge in [0.15, 0.2) is 11.5 Å². The number of anilines is 1. The van der Waals surface area contributed by atoms with Crippen molar-refractivity contribution < 1.29 is 14.3 Å². The van der Waals surface area contributed by atoms with Gasteiger partial charge in [0.2, 0.25) is 5.91 Å². The molecular formula is C15H24N2O3. The van der Waals surface area contributed by atoms with Crippen LogP contribution in [0.4, 0.5) is 5.69 Å². The first-order chi connectivity index (χ1) is 9.51. The summed E-state index contributed by atoms with van der Waals surface area (Å²) in [5, 5.41) is 2.90. The summed E-state index contributed by atoms with van der Waals surface area (Å²) in [5.74, 6) is 1.59. The second-order valence-electron chi connectivity index (χ2n) is 4.95. The van der Waals surface area contributed by atoms with Gasteiger partial charge in [0.05, 0.1) is 14.2 Å². The van der Waals surface area contributed by atoms with Gasteiger partial charge in [0, 0.05) is 18.2 Å². The summed E-state index contributed by atoms with van der Waals surface area (Å²) in [6.45, 7) is 4.55. The molecule has 1 atom stereocenters. The maximum atomic E-state index is 11.9. The smallest absolute Gasteiger partial charge is 0.224 e. The minimum atomic E-state index is -0.0133. The van der Waals surface area contributed by atoms with E-state index in [9.17, 15) is 4.79 Å². The highest BCUT2D eigenvalue weighted by Gasteiger charge is 2.11. The number of nitrogens with two attached hydrogens (primary N) is 1. The summed E-state index contributed by atoms with van der Waals surface area (Å²) >= 11 is 0. The molecule has 5 nitrogen and oxygen atoms in total. The third kappa shape index (κ3) is 4.42. The molecular weight excluding hydrogens is 256 g/mol. The molecule has 20 heavy (non-hydrogen) atoms. The van der Waals surface area contributed by atoms with Crippen LogP contribution in [-0.2, 0) is 4.79 Å². The number of hydrogen-bond donors (Lipinski definition) is 2. The van der Waals surface area contributed by atoms with Crippen molar-refractivity contribution in [2.45, 2.75) is 26.7 Å². The Bertz CT molecular complexity index is 461. The Morgan fingerprint density at radius 1 is 1.30 bits per heavy atom. The van der Waals surface area contributed by atoms with Gasteiger partial charge in [-0.1, -0.05) is 6.92 Å². The molecule has 0 spiro atoms. The van der Waals surface area contributed by atoms with Gasteiger partial charge in [-0.05, 0) is 37.4 Å². The number of hydrogen-bond acceptors (Lipinski definition) is 4. The number of rotatable bonds is 7. The monoisotopic (exact) mass is 280 g/mol. The quantitative estimate of drug-likeness (QED) is 0.804. The lowest BCUT2D eigenvalue weighted by Crippen LogP contribution is -2.16. The number of carbonyl (C=O) groups excluding carboxylic acids is 1. The van der Waals surface area contributed by atoms with E-state index in [2.05, 4.69) is 5.32 Å². The number of nitrogens with one attached hydrogen (secondary N) is 1. The second-order valence-corrected chi connectivity index (χ2v) is 4.95. The first-order valence-electron chi connectivity index (χ1n) is 6.74. The highest BCUT2D eigenvalue weighted by molar-refractivity contribution is 5.92. The highest BCUT2D eigenvalue weighted by Crippen LogP contribution is 2.32. The maximum Gasteiger partial charge on any atom is 0.224 e. The minimum Gasteiger partial charge on any atom is -0.493 e. The summed E-state index contributed by atoms with van der Waals surface area (Å²) in [7, 11) is 3.16. The summed E-state index contributed by atoms with van der Waals surface area (Å²) in [4.78, 5) is 11.9. The number of carbonyl (C=O) groups is 1. The van der Waals surface area contributed by atoms with Crippen molar-refractivity contribution in [3.63, 3.8) is 0 Å². The predicted molar refractivity (Wildman–Crippen MR) is 80.4 cm³/mol. The SMILES string of the molecule is COc1cc(C)c(NC(=O)CCC(C)CN)cc1OC. The van der Waals surface area contributed by atoms with Gasteiger partial charge in [-0.25, -0.2) is 0 Å². The van der Waals surface area contributed by atoms with E-state index in [0.29, 0.717) is 30.4 Å². The summed E-state index contributed by atoms with van der Waals surface area (Å²) in [6.07, 6.45) is 1.25. The van der Waals surface area contributed by atoms with E-state index in [-0.39, 0.29) is 5.91 Å². The Kier molecular flexibility index (Phi) is 6.31. The lowest BCUT2D eigenvalue weighted by atomic mass is 10.1. The molecule has 1 aromatic rings. The van der Waals surface area contributed by atoms with E-state index < -0.39 is 0 Å². The molecule has 5 heteroatoms. The largest absolute Gasteiger partial charge is 0.493 e. The first kappa shape index (κ1) is 16.3. The van der Waals surface area contributed by atoms with Crippen LogP contribution >= 0.6 is 0 Å². The number of methoxy groups -OCH3 is 2. The molecule has 0 aromatic heterocycles. The molecule has 0 aliphatic carbocycles. The Balaban J connectivity index is 2.74. The van der Waals surface area contributed by atoms with E-state index in [1.54, 1.807) is 20.3 Å². The molecule has 1 rings (SSSR count). The summed E-state index contributed by atoms with van der Waals surface area (Å²) in [6, 6.07) is 3.62. The van der Waals surface area contributed by atoms with Gasteiger partial charge in [-0.3, -0.25) is 4.79 Å². The molecule has 0 aliphatic rings. The highest BCUT2D eigenvalue weighted by atomic mass is 16.5. The van der Waals surface area contributed by atoms with Crippen LogP contribution in [0.25, 0.3) is 0 Å². The van der Waals surface area contributed by atoms with Crippen LogP contribution in [0.5, 0.6) is 11.5 Å². The standard InChI is InChI=1S/C15H24N2O3/c1-10(9-16)5-6-15(18)17-12-8-14(20-4)13(19-3)7-11(12)2/h7-8,10H,5-6,9,16H2,1-4H3,(H,17,18). The van der Waals surface area contributed by atoms with E-state index in [4.69, 9.17) is 15.2 Å². The minimum absolute atomic E-state index is 0.0133. The van der Waals surface area contributed by atoms with Crippen molar-refractivity contribution in [3.05, 3.63) is 17.7 Å². The molecule has 1 unspecified atom stereocenters. The normalized spacial score (nSPS) is 11.8. The molecule has 0 radical (unpaired) electrons. The van der Waals surface area contributed by atoms with E-state index in [0.717, 1.165) is 17.7 Å². The van der Waals surface area contributed by atoms with E-state index in [1.165, 1.54) is 0 Å². The summed E-state index contributed by atoms with van der Waals surface area (Å²) < 4.78 is 10.5. The van der Waals surface area contributed by atoms with Crippen LogP contribution in [0.3, 0.4) is 0 Å². The van der Waals surface area contributed by atoms with Crippen LogP contribution in [-0.4, -0.2) is 26.7 Å². The zero-order valence-electron chi connectivity index (χ0n) is 12.7. The molecule has 0 saturated carbocycles. The van der Waals surface area contributed by atoms with E-state index in [1.807, 2.05) is 19.9 Å². The second kappa shape index (κ2) is 7.75. The molecule has 0 aliphatic heterocycles. The fraction of sp³-hybridized carbons (Fsp3) is 0.533. The zero-order valence-corrected chi connectivity index (χ0v) is 12.7.